The SMILES string of the molecule is CC(=O)OCC1=C(C(=O)O)N2C(=O)[C@@H](NC(=O)C(=NOCC#N)c3nc(N)sc3Br)[C@H]2SC1. The lowest BCUT2D eigenvalue weighted by Gasteiger charge is -2.49. The summed E-state index contributed by atoms with van der Waals surface area (Å²) in [5.41, 5.74) is 5.39. The van der Waals surface area contributed by atoms with E-state index in [-0.39, 0.29) is 40.2 Å². The maximum atomic E-state index is 12.9. The lowest BCUT2D eigenvalue weighted by atomic mass is 10.0. The molecule has 1 fully saturated rings. The first-order chi connectivity index (χ1) is 15.6. The zero-order valence-corrected chi connectivity index (χ0v) is 20.0. The van der Waals surface area contributed by atoms with Crippen LogP contribution in [0.15, 0.2) is 20.2 Å². The number of ether oxygens (including phenoxy) is 1. The number of hydrogen-bond donors (Lipinski definition) is 3. The summed E-state index contributed by atoms with van der Waals surface area (Å²) in [4.78, 5) is 58.4. The van der Waals surface area contributed by atoms with E-state index in [1.807, 2.05) is 0 Å². The van der Waals surface area contributed by atoms with E-state index in [0.717, 1.165) is 16.2 Å². The number of carbonyl (C=O) groups is 4. The second kappa shape index (κ2) is 10.2. The van der Waals surface area contributed by atoms with Crippen molar-refractivity contribution < 1.29 is 33.9 Å². The van der Waals surface area contributed by atoms with Crippen LogP contribution in [-0.4, -0.2) is 74.8 Å². The second-order valence-corrected chi connectivity index (χ2v) is 9.90. The number of rotatable bonds is 8. The number of oxime groups is 1. The lowest BCUT2D eigenvalue weighted by molar-refractivity contribution is -0.150. The van der Waals surface area contributed by atoms with Gasteiger partial charge in [-0.05, 0) is 15.9 Å². The number of hydrogen-bond acceptors (Lipinski definition) is 12. The van der Waals surface area contributed by atoms with Crippen LogP contribution in [0.2, 0.25) is 0 Å². The van der Waals surface area contributed by atoms with Crippen molar-refractivity contribution in [3.05, 3.63) is 20.8 Å². The first-order valence-corrected chi connectivity index (χ1v) is 11.6. The van der Waals surface area contributed by atoms with Crippen LogP contribution >= 0.6 is 39.0 Å². The highest BCUT2D eigenvalue weighted by Crippen LogP contribution is 2.40. The molecule has 3 heterocycles. The number of thiazole rings is 1. The quantitative estimate of drug-likeness (QED) is 0.128. The zero-order chi connectivity index (χ0) is 24.3. The topological polar surface area (TPSA) is 197 Å². The smallest absolute Gasteiger partial charge is 0.352 e. The van der Waals surface area contributed by atoms with Crippen molar-refractivity contribution in [2.75, 3.05) is 24.7 Å². The maximum absolute atomic E-state index is 12.9. The molecule has 2 atom stereocenters. The molecule has 1 aromatic heterocycles. The Hall–Kier alpha value is -3.16. The van der Waals surface area contributed by atoms with Crippen molar-refractivity contribution in [1.29, 1.82) is 5.26 Å². The normalized spacial score (nSPS) is 19.8. The number of nitrogens with one attached hydrogen (secondary N) is 1. The Labute approximate surface area is 202 Å². The van der Waals surface area contributed by atoms with Crippen LogP contribution in [0.25, 0.3) is 0 Å². The van der Waals surface area contributed by atoms with Gasteiger partial charge < -0.3 is 25.7 Å². The molecule has 4 N–H and O–H groups in total. The van der Waals surface area contributed by atoms with Gasteiger partial charge in [0.15, 0.2) is 10.8 Å². The summed E-state index contributed by atoms with van der Waals surface area (Å²) in [7, 11) is 0. The van der Waals surface area contributed by atoms with E-state index < -0.39 is 41.8 Å². The Morgan fingerprint density at radius 1 is 1.48 bits per heavy atom. The highest BCUT2D eigenvalue weighted by Gasteiger charge is 2.54. The van der Waals surface area contributed by atoms with E-state index in [0.29, 0.717) is 3.79 Å². The molecule has 0 spiro atoms. The third-order valence-corrected chi connectivity index (χ3v) is 7.19. The van der Waals surface area contributed by atoms with Crippen LogP contribution in [0.4, 0.5) is 5.13 Å². The highest BCUT2D eigenvalue weighted by molar-refractivity contribution is 9.11. The molecule has 0 unspecified atom stereocenters. The van der Waals surface area contributed by atoms with Gasteiger partial charge in [-0.15, -0.1) is 11.8 Å². The average molecular weight is 559 g/mol. The monoisotopic (exact) mass is 558 g/mol. The molecule has 174 valence electrons. The fourth-order valence-corrected chi connectivity index (χ4v) is 5.63. The molecule has 1 aromatic rings. The van der Waals surface area contributed by atoms with Gasteiger partial charge in [0.05, 0.1) is 0 Å². The van der Waals surface area contributed by atoms with Gasteiger partial charge in [-0.1, -0.05) is 16.5 Å². The minimum absolute atomic E-state index is 0.0580. The van der Waals surface area contributed by atoms with Crippen LogP contribution in [0.3, 0.4) is 0 Å². The number of aromatic nitrogens is 1. The Bertz CT molecular complexity index is 1130. The standard InChI is InChI=1S/C17H15BrN6O7S2/c1-6(25)30-4-7-5-32-15-10(14(27)24(15)11(7)16(28)29)21-13(26)9(23-31-3-2-19)8-12(18)33-17(20)22-8/h10,15H,3-5H2,1H3,(H2,20,22)(H,21,26)(H,28,29)/t10-,15-/m1/s1. The molecule has 2 aliphatic rings. The molecule has 1 saturated heterocycles. The summed E-state index contributed by atoms with van der Waals surface area (Å²) in [6.07, 6.45) is 0. The fourth-order valence-electron chi connectivity index (χ4n) is 2.97. The number of carboxylic acids is 1. The van der Waals surface area contributed by atoms with Gasteiger partial charge in [0.1, 0.15) is 39.3 Å². The Morgan fingerprint density at radius 3 is 2.79 bits per heavy atom. The number of nitriles is 1. The number of esters is 1. The number of aliphatic carboxylic acids is 1. The molecular formula is C17H15BrN6O7S2. The molecule has 16 heteroatoms. The molecule has 0 saturated carbocycles. The summed E-state index contributed by atoms with van der Waals surface area (Å²) in [5, 5.41) is 23.8. The van der Waals surface area contributed by atoms with Crippen LogP contribution < -0.4 is 11.1 Å². The van der Waals surface area contributed by atoms with Gasteiger partial charge >= 0.3 is 11.9 Å². The molecule has 33 heavy (non-hydrogen) atoms. The van der Waals surface area contributed by atoms with Crippen molar-refractivity contribution in [3.8, 4) is 6.07 Å². The molecule has 0 aromatic carbocycles. The maximum Gasteiger partial charge on any atom is 0.352 e. The predicted octanol–water partition coefficient (Wildman–Crippen LogP) is 0.0338. The van der Waals surface area contributed by atoms with Crippen molar-refractivity contribution in [2.24, 2.45) is 5.16 Å². The summed E-state index contributed by atoms with van der Waals surface area (Å²) in [5.74, 6) is -3.25. The lowest BCUT2D eigenvalue weighted by Crippen LogP contribution is -2.71. The van der Waals surface area contributed by atoms with E-state index in [9.17, 15) is 24.3 Å². The van der Waals surface area contributed by atoms with Gasteiger partial charge in [-0.3, -0.25) is 19.3 Å². The van der Waals surface area contributed by atoms with E-state index in [1.165, 1.54) is 18.7 Å². The second-order valence-electron chi connectivity index (χ2n) is 6.44. The van der Waals surface area contributed by atoms with Crippen LogP contribution in [-0.2, 0) is 28.8 Å². The third-order valence-electron chi connectivity index (χ3n) is 4.31. The summed E-state index contributed by atoms with van der Waals surface area (Å²) in [6.45, 7) is 0.498. The molecule has 2 aliphatic heterocycles. The minimum Gasteiger partial charge on any atom is -0.477 e. The number of carboxylic acid groups (broad SMARTS) is 1. The zero-order valence-electron chi connectivity index (χ0n) is 16.7. The van der Waals surface area contributed by atoms with Gasteiger partial charge in [-0.2, -0.15) is 5.26 Å². The Balaban J connectivity index is 1.81. The summed E-state index contributed by atoms with van der Waals surface area (Å²) < 4.78 is 5.27. The Morgan fingerprint density at radius 2 is 2.21 bits per heavy atom. The molecular weight excluding hydrogens is 544 g/mol. The number of amides is 2. The molecule has 2 amide bonds. The fraction of sp³-hybridized carbons (Fsp3) is 0.353. The first-order valence-electron chi connectivity index (χ1n) is 8.99. The number of nitrogens with two attached hydrogens (primary N) is 1. The van der Waals surface area contributed by atoms with Crippen molar-refractivity contribution in [3.63, 3.8) is 0 Å². The van der Waals surface area contributed by atoms with Crippen molar-refractivity contribution in [1.82, 2.24) is 15.2 Å². The number of nitrogen functional groups attached to an aromatic ring is 1. The number of carbonyl (C=O) groups excluding carboxylic acids is 3. The van der Waals surface area contributed by atoms with Gasteiger partial charge in [0.25, 0.3) is 11.8 Å². The van der Waals surface area contributed by atoms with Crippen molar-refractivity contribution in [2.45, 2.75) is 18.3 Å². The number of β-lactam (4-membered cyclic amide) rings is 1. The summed E-state index contributed by atoms with van der Waals surface area (Å²) in [6, 6.07) is 0.653. The largest absolute Gasteiger partial charge is 0.477 e. The number of halogens is 1. The molecule has 0 aliphatic carbocycles. The van der Waals surface area contributed by atoms with E-state index in [1.54, 1.807) is 6.07 Å². The summed E-state index contributed by atoms with van der Waals surface area (Å²) >= 11 is 5.47. The van der Waals surface area contributed by atoms with Gasteiger partial charge in [0, 0.05) is 18.2 Å². The highest BCUT2D eigenvalue weighted by atomic mass is 79.9. The van der Waals surface area contributed by atoms with Gasteiger partial charge in [-0.25, -0.2) is 9.78 Å². The number of nitrogens with zero attached hydrogens (tertiary/aromatic N) is 4. The third kappa shape index (κ3) is 5.10. The average Bonchev–Trinajstić information content (AvgIpc) is 3.09. The van der Waals surface area contributed by atoms with Crippen LogP contribution in [0, 0.1) is 11.3 Å². The number of fused-ring (bicyclic) bond motifs is 1. The first kappa shape index (κ1) is 24.5. The predicted molar refractivity (Wildman–Crippen MR) is 119 cm³/mol. The van der Waals surface area contributed by atoms with E-state index in [4.69, 9.17) is 20.6 Å². The Kier molecular flexibility index (Phi) is 7.56. The van der Waals surface area contributed by atoms with Crippen molar-refractivity contribution >= 4 is 73.6 Å². The van der Waals surface area contributed by atoms with Crippen LogP contribution in [0.5, 0.6) is 0 Å². The molecule has 13 nitrogen and oxygen atoms in total. The molecule has 0 radical (unpaired) electrons. The number of anilines is 1. The molecule has 3 rings (SSSR count). The van der Waals surface area contributed by atoms with E-state index >= 15 is 0 Å². The minimum atomic E-state index is -1.35. The van der Waals surface area contributed by atoms with E-state index in [2.05, 4.69) is 31.4 Å². The van der Waals surface area contributed by atoms with Crippen LogP contribution in [0.1, 0.15) is 12.6 Å². The number of thioether (sulfide) groups is 1. The van der Waals surface area contributed by atoms with Gasteiger partial charge in [0.2, 0.25) is 6.61 Å². The molecule has 0 bridgehead atoms.